The van der Waals surface area contributed by atoms with Crippen LogP contribution in [0, 0.1) is 5.41 Å². The number of nitrogens with zero attached hydrogens (tertiary/aromatic N) is 2. The van der Waals surface area contributed by atoms with Gasteiger partial charge in [0.05, 0.1) is 0 Å². The van der Waals surface area contributed by atoms with Gasteiger partial charge in [0.25, 0.3) is 0 Å². The number of hydrogen-bond donors (Lipinski definition) is 1. The maximum atomic E-state index is 9.25. The van der Waals surface area contributed by atoms with Crippen molar-refractivity contribution in [3.8, 4) is 22.3 Å². The Labute approximate surface area is 356 Å². The Bertz CT molecular complexity index is 3830. The second kappa shape index (κ2) is 14.4. The number of para-hydroxylation sites is 3. The second-order valence-electron chi connectivity index (χ2n) is 15.7. The van der Waals surface area contributed by atoms with E-state index in [1.165, 1.54) is 0 Å². The molecule has 2 heterocycles. The SMILES string of the molecule is N=C(N=C(N=Cc1cc(-c2cc(-c3cccc4c3oc3ccccc34)cc3oc4ccccc4c23)c2ccccc2c1)c1ccccc1)c1ccc2ccc3ccccc3c2c1. The molecular weight excluding hydrogens is 759 g/mol. The summed E-state index contributed by atoms with van der Waals surface area (Å²) in [7, 11) is 0. The molecule has 0 fully saturated rings. The predicted octanol–water partition coefficient (Wildman–Crippen LogP) is 15.2. The summed E-state index contributed by atoms with van der Waals surface area (Å²) in [6.45, 7) is 0. The first-order valence-corrected chi connectivity index (χ1v) is 20.7. The summed E-state index contributed by atoms with van der Waals surface area (Å²) in [4.78, 5) is 9.96. The van der Waals surface area contributed by atoms with Crippen LogP contribution in [-0.2, 0) is 0 Å². The summed E-state index contributed by atoms with van der Waals surface area (Å²) in [5.74, 6) is 0.591. The highest BCUT2D eigenvalue weighted by atomic mass is 16.3. The standard InChI is InChI=1S/C57H35N3O2/c58-56(40-28-27-37-26-25-36-13-4-6-17-42(36)48(37)31-40)60-57(38-14-2-1-3-15-38)59-34-35-29-39-16-5-7-18-43(39)49(30-35)50-32-41(33-53-54(50)47-20-9-11-24-52(47)61-53)44-21-12-22-46-45-19-8-10-23-51(45)62-55(44)46/h1-34,58H. The van der Waals surface area contributed by atoms with Crippen LogP contribution in [0.2, 0.25) is 0 Å². The maximum Gasteiger partial charge on any atom is 0.161 e. The smallest absolute Gasteiger partial charge is 0.161 e. The molecule has 0 amide bonds. The fraction of sp³-hybridized carbons (Fsp3) is 0. The Morgan fingerprint density at radius 2 is 1.08 bits per heavy atom. The molecule has 0 spiro atoms. The van der Waals surface area contributed by atoms with E-state index < -0.39 is 0 Å². The lowest BCUT2D eigenvalue weighted by atomic mass is 9.90. The molecule has 0 radical (unpaired) electrons. The third-order valence-electron chi connectivity index (χ3n) is 12.0. The number of aliphatic imine (C=N–C) groups is 2. The van der Waals surface area contributed by atoms with Gasteiger partial charge < -0.3 is 8.83 Å². The zero-order valence-corrected chi connectivity index (χ0v) is 33.3. The zero-order valence-electron chi connectivity index (χ0n) is 33.3. The first-order chi connectivity index (χ1) is 30.6. The molecule has 0 atom stereocenters. The van der Waals surface area contributed by atoms with E-state index in [2.05, 4.69) is 133 Å². The molecule has 0 saturated heterocycles. The lowest BCUT2D eigenvalue weighted by Gasteiger charge is -2.13. The molecule has 0 saturated carbocycles. The molecule has 0 aliphatic rings. The van der Waals surface area contributed by atoms with Gasteiger partial charge >= 0.3 is 0 Å². The monoisotopic (exact) mass is 793 g/mol. The summed E-state index contributed by atoms with van der Waals surface area (Å²) in [5.41, 5.74) is 9.86. The van der Waals surface area contributed by atoms with Crippen molar-refractivity contribution in [3.63, 3.8) is 0 Å². The molecule has 2 aromatic heterocycles. The predicted molar refractivity (Wildman–Crippen MR) is 258 cm³/mol. The van der Waals surface area contributed by atoms with Crippen molar-refractivity contribution >= 4 is 94.1 Å². The van der Waals surface area contributed by atoms with E-state index in [0.29, 0.717) is 5.84 Å². The van der Waals surface area contributed by atoms with Gasteiger partial charge in [-0.25, -0.2) is 9.98 Å². The fourth-order valence-electron chi connectivity index (χ4n) is 9.04. The van der Waals surface area contributed by atoms with Gasteiger partial charge in [0.15, 0.2) is 11.7 Å². The summed E-state index contributed by atoms with van der Waals surface area (Å²) < 4.78 is 13.2. The summed E-state index contributed by atoms with van der Waals surface area (Å²) in [5, 5.41) is 20.2. The zero-order chi connectivity index (χ0) is 41.1. The van der Waals surface area contributed by atoms with Gasteiger partial charge in [-0.05, 0) is 97.0 Å². The van der Waals surface area contributed by atoms with Crippen molar-refractivity contribution in [2.24, 2.45) is 9.98 Å². The first kappa shape index (κ1) is 35.5. The number of nitrogens with one attached hydrogen (secondary N) is 1. The molecule has 5 heteroatoms. The summed E-state index contributed by atoms with van der Waals surface area (Å²) in [6, 6.07) is 68.6. The molecule has 0 unspecified atom stereocenters. The average molecular weight is 794 g/mol. The maximum absolute atomic E-state index is 9.25. The minimum Gasteiger partial charge on any atom is -0.456 e. The van der Waals surface area contributed by atoms with E-state index in [0.717, 1.165) is 115 Å². The normalized spacial score (nSPS) is 12.3. The van der Waals surface area contributed by atoms with Crippen molar-refractivity contribution < 1.29 is 8.83 Å². The second-order valence-corrected chi connectivity index (χ2v) is 15.7. The van der Waals surface area contributed by atoms with Crippen LogP contribution < -0.4 is 0 Å². The van der Waals surface area contributed by atoms with E-state index in [4.69, 9.17) is 18.8 Å². The number of rotatable bonds is 5. The molecule has 0 aliphatic carbocycles. The van der Waals surface area contributed by atoms with Crippen LogP contribution in [-0.4, -0.2) is 17.9 Å². The number of furan rings is 2. The van der Waals surface area contributed by atoms with E-state index in [1.807, 2.05) is 72.9 Å². The highest BCUT2D eigenvalue weighted by molar-refractivity contribution is 6.19. The van der Waals surface area contributed by atoms with Gasteiger partial charge in [-0.1, -0.05) is 158 Å². The van der Waals surface area contributed by atoms with E-state index in [1.54, 1.807) is 0 Å². The van der Waals surface area contributed by atoms with Crippen molar-refractivity contribution in [1.29, 1.82) is 5.41 Å². The number of amidine groups is 2. The van der Waals surface area contributed by atoms with Crippen LogP contribution in [0.15, 0.2) is 219 Å². The highest BCUT2D eigenvalue weighted by Gasteiger charge is 2.20. The molecule has 1 N–H and O–H groups in total. The Morgan fingerprint density at radius 3 is 1.92 bits per heavy atom. The molecule has 0 bridgehead atoms. The Balaban J connectivity index is 1.02. The van der Waals surface area contributed by atoms with E-state index in [-0.39, 0.29) is 5.84 Å². The van der Waals surface area contributed by atoms with E-state index in [9.17, 15) is 5.41 Å². The Hall–Kier alpha value is -8.41. The number of fused-ring (bicyclic) bond motifs is 10. The Kier molecular flexibility index (Phi) is 8.25. The van der Waals surface area contributed by atoms with Crippen LogP contribution in [0.3, 0.4) is 0 Å². The van der Waals surface area contributed by atoms with Crippen LogP contribution in [0.5, 0.6) is 0 Å². The van der Waals surface area contributed by atoms with Gasteiger partial charge in [-0.3, -0.25) is 5.41 Å². The lowest BCUT2D eigenvalue weighted by molar-refractivity contribution is 0.668. The molecule has 290 valence electrons. The lowest BCUT2D eigenvalue weighted by Crippen LogP contribution is -2.04. The van der Waals surface area contributed by atoms with Crippen molar-refractivity contribution in [3.05, 3.63) is 217 Å². The first-order valence-electron chi connectivity index (χ1n) is 20.7. The van der Waals surface area contributed by atoms with Crippen molar-refractivity contribution in [2.45, 2.75) is 0 Å². The third-order valence-corrected chi connectivity index (χ3v) is 12.0. The van der Waals surface area contributed by atoms with Crippen molar-refractivity contribution in [1.82, 2.24) is 0 Å². The van der Waals surface area contributed by atoms with Gasteiger partial charge in [0, 0.05) is 44.4 Å². The van der Waals surface area contributed by atoms with Gasteiger partial charge in [-0.15, -0.1) is 0 Å². The summed E-state index contributed by atoms with van der Waals surface area (Å²) >= 11 is 0. The topological polar surface area (TPSA) is 74.8 Å². The summed E-state index contributed by atoms with van der Waals surface area (Å²) in [6.07, 6.45) is 1.87. The van der Waals surface area contributed by atoms with Crippen LogP contribution in [0.1, 0.15) is 16.7 Å². The van der Waals surface area contributed by atoms with Gasteiger partial charge in [-0.2, -0.15) is 0 Å². The Morgan fingerprint density at radius 1 is 0.419 bits per heavy atom. The van der Waals surface area contributed by atoms with Crippen molar-refractivity contribution in [2.75, 3.05) is 0 Å². The highest BCUT2D eigenvalue weighted by Crippen LogP contribution is 2.44. The largest absolute Gasteiger partial charge is 0.456 e. The molecule has 12 rings (SSSR count). The number of benzene rings is 10. The van der Waals surface area contributed by atoms with Crippen LogP contribution in [0.4, 0.5) is 0 Å². The van der Waals surface area contributed by atoms with Crippen LogP contribution >= 0.6 is 0 Å². The molecule has 0 aliphatic heterocycles. The van der Waals surface area contributed by atoms with Gasteiger partial charge in [0.1, 0.15) is 22.3 Å². The molecule has 12 aromatic rings. The number of hydrogen-bond acceptors (Lipinski definition) is 3. The van der Waals surface area contributed by atoms with E-state index >= 15 is 0 Å². The van der Waals surface area contributed by atoms with Gasteiger partial charge in [0.2, 0.25) is 0 Å². The third kappa shape index (κ3) is 5.98. The molecular formula is C57H35N3O2. The molecule has 10 aromatic carbocycles. The quantitative estimate of drug-likeness (QED) is 0.107. The van der Waals surface area contributed by atoms with Crippen LogP contribution in [0.25, 0.3) is 98.4 Å². The average Bonchev–Trinajstić information content (AvgIpc) is 3.91. The minimum absolute atomic E-state index is 0.139. The fourth-order valence-corrected chi connectivity index (χ4v) is 9.04. The molecule has 62 heavy (non-hydrogen) atoms. The molecule has 5 nitrogen and oxygen atoms in total. The minimum atomic E-state index is 0.139.